The van der Waals surface area contributed by atoms with Crippen LogP contribution in [0.1, 0.15) is 83.5 Å². The minimum absolute atomic E-state index is 0.0656. The molecule has 4 amide bonds. The van der Waals surface area contributed by atoms with Crippen molar-refractivity contribution in [2.24, 2.45) is 55.9 Å². The Morgan fingerprint density at radius 2 is 0.800 bits per heavy atom. The van der Waals surface area contributed by atoms with Gasteiger partial charge in [-0.05, 0) is 103 Å². The zero-order valence-electron chi connectivity index (χ0n) is 29.1. The lowest BCUT2D eigenvalue weighted by Crippen LogP contribution is -2.58. The summed E-state index contributed by atoms with van der Waals surface area (Å²) in [6.45, 7) is 1.51. The Bertz CT molecular complexity index is 1080. The standard InChI is InChI=1S/C30H62N14O6/c31-14-4-1-10-20(41-24(45)19(34)9-7-17-39-29(35)36)25(46)43-22(13-8-18-40-30(37)38)26(47)42-21(11-2-5-15-32)27(48)44-23(28(49)50)12-3-6-16-33/h19-23H,1-18,31-34H2,(H,41,45)(H,42,47)(H,43,46)(H,44,48)(H,49,50)(H4,35,36,39)(H4,37,38,40). The molecule has 5 unspecified atom stereocenters. The third-order valence-electron chi connectivity index (χ3n) is 7.60. The molecule has 0 aliphatic carbocycles. The number of nitrogens with two attached hydrogens (primary N) is 8. The third kappa shape index (κ3) is 21.6. The maximum Gasteiger partial charge on any atom is 0.326 e. The van der Waals surface area contributed by atoms with Gasteiger partial charge in [-0.25, -0.2) is 4.79 Å². The van der Waals surface area contributed by atoms with E-state index < -0.39 is 59.8 Å². The van der Waals surface area contributed by atoms with E-state index in [0.717, 1.165) is 0 Å². The topological polar surface area (TPSA) is 387 Å². The Hall–Kier alpha value is -4.27. The van der Waals surface area contributed by atoms with E-state index in [1.165, 1.54) is 0 Å². The smallest absolute Gasteiger partial charge is 0.326 e. The van der Waals surface area contributed by atoms with Crippen LogP contribution in [0, 0.1) is 0 Å². The minimum atomic E-state index is -1.22. The number of hydrogen-bond donors (Lipinski definition) is 13. The van der Waals surface area contributed by atoms with Crippen molar-refractivity contribution in [2.75, 3.05) is 32.7 Å². The summed E-state index contributed by atoms with van der Waals surface area (Å²) < 4.78 is 0. The van der Waals surface area contributed by atoms with Crippen LogP contribution >= 0.6 is 0 Å². The SMILES string of the molecule is NCCCCC(NC(=O)C(CCCCN)NC(=O)C(CCCN=C(N)N)NC(=O)C(CCCCN)NC(=O)C(N)CCCN=C(N)N)C(=O)O. The summed E-state index contributed by atoms with van der Waals surface area (Å²) in [5, 5.41) is 20.2. The number of hydrogen-bond acceptors (Lipinski definition) is 11. The van der Waals surface area contributed by atoms with E-state index in [0.29, 0.717) is 64.6 Å². The second-order valence-corrected chi connectivity index (χ2v) is 11.9. The van der Waals surface area contributed by atoms with Gasteiger partial charge in [0.25, 0.3) is 0 Å². The average Bonchev–Trinajstić information content (AvgIpc) is 3.06. The summed E-state index contributed by atoms with van der Waals surface area (Å²) in [6.07, 6.45) is 4.69. The largest absolute Gasteiger partial charge is 0.480 e. The molecule has 0 aliphatic heterocycles. The molecule has 20 nitrogen and oxygen atoms in total. The zero-order chi connectivity index (χ0) is 37.9. The molecular formula is C30H62N14O6. The number of aliphatic imine (C=N–C) groups is 2. The van der Waals surface area contributed by atoms with Crippen LogP contribution in [0.3, 0.4) is 0 Å². The lowest BCUT2D eigenvalue weighted by atomic mass is 10.0. The van der Waals surface area contributed by atoms with Crippen molar-refractivity contribution in [2.45, 2.75) is 114 Å². The Labute approximate surface area is 294 Å². The van der Waals surface area contributed by atoms with Gasteiger partial charge in [0, 0.05) is 13.1 Å². The van der Waals surface area contributed by atoms with Gasteiger partial charge in [-0.1, -0.05) is 0 Å². The number of rotatable bonds is 29. The third-order valence-corrected chi connectivity index (χ3v) is 7.60. The second-order valence-electron chi connectivity index (χ2n) is 11.9. The number of nitrogens with one attached hydrogen (secondary N) is 4. The predicted molar refractivity (Wildman–Crippen MR) is 192 cm³/mol. The molecule has 50 heavy (non-hydrogen) atoms. The molecule has 0 aromatic heterocycles. The van der Waals surface area contributed by atoms with E-state index >= 15 is 0 Å². The summed E-state index contributed by atoms with van der Waals surface area (Å²) in [5.74, 6) is -4.07. The molecule has 20 heteroatoms. The van der Waals surface area contributed by atoms with Crippen LogP contribution < -0.4 is 67.1 Å². The van der Waals surface area contributed by atoms with E-state index in [1.54, 1.807) is 0 Å². The van der Waals surface area contributed by atoms with Gasteiger partial charge < -0.3 is 72.2 Å². The van der Waals surface area contributed by atoms with Gasteiger partial charge in [0.2, 0.25) is 23.6 Å². The van der Waals surface area contributed by atoms with Gasteiger partial charge >= 0.3 is 5.97 Å². The van der Waals surface area contributed by atoms with Crippen LogP contribution in [-0.4, -0.2) is 110 Å². The van der Waals surface area contributed by atoms with Gasteiger partial charge in [-0.3, -0.25) is 29.2 Å². The molecule has 0 spiro atoms. The van der Waals surface area contributed by atoms with Crippen molar-refractivity contribution >= 4 is 41.5 Å². The highest BCUT2D eigenvalue weighted by atomic mass is 16.4. The molecule has 0 heterocycles. The zero-order valence-corrected chi connectivity index (χ0v) is 29.1. The Kier molecular flexibility index (Phi) is 25.2. The first-order valence-electron chi connectivity index (χ1n) is 17.2. The molecule has 0 fully saturated rings. The van der Waals surface area contributed by atoms with E-state index in [2.05, 4.69) is 31.3 Å². The van der Waals surface area contributed by atoms with Crippen molar-refractivity contribution in [3.63, 3.8) is 0 Å². The molecule has 5 atom stereocenters. The normalized spacial score (nSPS) is 13.8. The Balaban J connectivity index is 6.04. The Morgan fingerprint density at radius 1 is 0.480 bits per heavy atom. The molecule has 0 saturated heterocycles. The molecule has 0 aromatic rings. The van der Waals surface area contributed by atoms with E-state index in [-0.39, 0.29) is 63.5 Å². The van der Waals surface area contributed by atoms with Crippen molar-refractivity contribution in [3.8, 4) is 0 Å². The number of unbranched alkanes of at least 4 members (excludes halogenated alkanes) is 3. The van der Waals surface area contributed by atoms with Crippen molar-refractivity contribution in [1.82, 2.24) is 21.3 Å². The van der Waals surface area contributed by atoms with Crippen molar-refractivity contribution in [1.29, 1.82) is 0 Å². The second kappa shape index (κ2) is 27.5. The van der Waals surface area contributed by atoms with Gasteiger partial charge in [0.1, 0.15) is 24.2 Å². The van der Waals surface area contributed by atoms with Crippen LogP contribution in [0.5, 0.6) is 0 Å². The maximum absolute atomic E-state index is 13.7. The molecule has 0 aromatic carbocycles. The van der Waals surface area contributed by atoms with E-state index in [4.69, 9.17) is 45.9 Å². The highest BCUT2D eigenvalue weighted by Crippen LogP contribution is 2.09. The summed E-state index contributed by atoms with van der Waals surface area (Å²) in [7, 11) is 0. The lowest BCUT2D eigenvalue weighted by molar-refractivity contribution is -0.142. The molecule has 21 N–H and O–H groups in total. The molecule has 0 rings (SSSR count). The number of amides is 4. The predicted octanol–water partition coefficient (Wildman–Crippen LogP) is -4.17. The van der Waals surface area contributed by atoms with Crippen LogP contribution in [0.25, 0.3) is 0 Å². The quantitative estimate of drug-likeness (QED) is 0.0199. The number of aliphatic carboxylic acids is 1. The summed E-state index contributed by atoms with van der Waals surface area (Å²) in [6, 6.07) is -5.50. The number of guanidine groups is 2. The molecule has 0 saturated carbocycles. The highest BCUT2D eigenvalue weighted by Gasteiger charge is 2.31. The first-order chi connectivity index (χ1) is 23.8. The van der Waals surface area contributed by atoms with Gasteiger partial charge in [0.05, 0.1) is 6.04 Å². The molecule has 0 bridgehead atoms. The monoisotopic (exact) mass is 714 g/mol. The number of nitrogens with zero attached hydrogens (tertiary/aromatic N) is 2. The van der Waals surface area contributed by atoms with Gasteiger partial charge in [-0.2, -0.15) is 0 Å². The number of carboxylic acids is 1. The lowest BCUT2D eigenvalue weighted by Gasteiger charge is -2.26. The summed E-state index contributed by atoms with van der Waals surface area (Å²) >= 11 is 0. The molecule has 0 aliphatic rings. The average molecular weight is 715 g/mol. The van der Waals surface area contributed by atoms with Crippen LogP contribution in [0.4, 0.5) is 0 Å². The van der Waals surface area contributed by atoms with Crippen molar-refractivity contribution < 1.29 is 29.1 Å². The summed E-state index contributed by atoms with van der Waals surface area (Å²) in [4.78, 5) is 73.2. The van der Waals surface area contributed by atoms with Gasteiger partial charge in [-0.15, -0.1) is 0 Å². The fourth-order valence-corrected chi connectivity index (χ4v) is 4.79. The minimum Gasteiger partial charge on any atom is -0.480 e. The van der Waals surface area contributed by atoms with E-state index in [9.17, 15) is 29.1 Å². The molecule has 288 valence electrons. The van der Waals surface area contributed by atoms with Crippen LogP contribution in [-0.2, 0) is 24.0 Å². The maximum atomic E-state index is 13.7. The fraction of sp³-hybridized carbons (Fsp3) is 0.767. The molecular weight excluding hydrogens is 652 g/mol. The first-order valence-corrected chi connectivity index (χ1v) is 17.2. The first kappa shape index (κ1) is 45.7. The van der Waals surface area contributed by atoms with Crippen molar-refractivity contribution in [3.05, 3.63) is 0 Å². The number of carbonyl (C=O) groups is 5. The van der Waals surface area contributed by atoms with Crippen LogP contribution in [0.15, 0.2) is 9.98 Å². The fourth-order valence-electron chi connectivity index (χ4n) is 4.79. The molecule has 0 radical (unpaired) electrons. The number of carboxylic acid groups (broad SMARTS) is 1. The summed E-state index contributed by atoms with van der Waals surface area (Å²) in [5.41, 5.74) is 44.3. The van der Waals surface area contributed by atoms with E-state index in [1.807, 2.05) is 0 Å². The Morgan fingerprint density at radius 3 is 1.16 bits per heavy atom. The highest BCUT2D eigenvalue weighted by molar-refractivity contribution is 5.95. The van der Waals surface area contributed by atoms with Gasteiger partial charge in [0.15, 0.2) is 11.9 Å². The van der Waals surface area contributed by atoms with Crippen LogP contribution in [0.2, 0.25) is 0 Å². The number of carbonyl (C=O) groups excluding carboxylic acids is 4.